The van der Waals surface area contributed by atoms with Crippen molar-refractivity contribution in [3.63, 3.8) is 0 Å². The summed E-state index contributed by atoms with van der Waals surface area (Å²) < 4.78 is 19.1. The second-order valence-electron chi connectivity index (χ2n) is 8.79. The van der Waals surface area contributed by atoms with Crippen LogP contribution in [0.2, 0.25) is 0 Å². The molecule has 8 nitrogen and oxygen atoms in total. The molecule has 1 atom stereocenters. The lowest BCUT2D eigenvalue weighted by Crippen LogP contribution is -2.40. The Balaban J connectivity index is 1.92. The fourth-order valence-electron chi connectivity index (χ4n) is 4.69. The molecule has 1 aliphatic rings. The Kier molecular flexibility index (Phi) is 8.97. The number of rotatable bonds is 9. The van der Waals surface area contributed by atoms with Crippen LogP contribution in [0, 0.1) is 0 Å². The molecule has 4 rings (SSSR count). The first-order valence-electron chi connectivity index (χ1n) is 12.7. The lowest BCUT2D eigenvalue weighted by Gasteiger charge is -2.26. The zero-order chi connectivity index (χ0) is 28.3. The fraction of sp³-hybridized carbons (Fsp3) is 0.345. The number of hydrogen-bond donors (Lipinski definition) is 0. The summed E-state index contributed by atoms with van der Waals surface area (Å²) >= 11 is 4.91. The number of allylic oxidation sites excluding steroid dienone is 1. The maximum atomic E-state index is 13.9. The highest BCUT2D eigenvalue weighted by molar-refractivity contribution is 9.10. The molecule has 2 heterocycles. The summed E-state index contributed by atoms with van der Waals surface area (Å²) in [5.74, 6) is 0.475. The number of anilines is 1. The Bertz CT molecular complexity index is 1590. The number of benzene rings is 2. The molecular formula is C29H32BrN3O5S. The lowest BCUT2D eigenvalue weighted by molar-refractivity contribution is -0.139. The van der Waals surface area contributed by atoms with E-state index in [0.29, 0.717) is 42.1 Å². The Hall–Kier alpha value is -3.37. The maximum Gasteiger partial charge on any atom is 0.338 e. The second-order valence-corrected chi connectivity index (χ2v) is 10.7. The van der Waals surface area contributed by atoms with Gasteiger partial charge in [-0.1, -0.05) is 39.4 Å². The minimum absolute atomic E-state index is 0.198. The van der Waals surface area contributed by atoms with E-state index in [9.17, 15) is 9.59 Å². The third-order valence-corrected chi connectivity index (χ3v) is 8.30. The first kappa shape index (κ1) is 28.6. The number of fused-ring (bicyclic) bond motifs is 1. The van der Waals surface area contributed by atoms with E-state index >= 15 is 0 Å². The van der Waals surface area contributed by atoms with Crippen LogP contribution in [0.4, 0.5) is 5.69 Å². The van der Waals surface area contributed by atoms with E-state index in [1.807, 2.05) is 18.2 Å². The van der Waals surface area contributed by atoms with Gasteiger partial charge in [-0.25, -0.2) is 9.79 Å². The van der Waals surface area contributed by atoms with Crippen LogP contribution in [0.25, 0.3) is 6.08 Å². The number of halogens is 1. The number of aromatic nitrogens is 1. The van der Waals surface area contributed by atoms with Gasteiger partial charge in [0.15, 0.2) is 16.3 Å². The van der Waals surface area contributed by atoms with E-state index in [2.05, 4.69) is 51.8 Å². The number of methoxy groups -OCH3 is 2. The number of esters is 1. The predicted octanol–water partition coefficient (Wildman–Crippen LogP) is 4.42. The number of carbonyl (C=O) groups is 1. The van der Waals surface area contributed by atoms with Gasteiger partial charge in [0, 0.05) is 23.2 Å². The van der Waals surface area contributed by atoms with Crippen molar-refractivity contribution in [2.24, 2.45) is 4.99 Å². The van der Waals surface area contributed by atoms with Crippen LogP contribution in [-0.2, 0) is 9.53 Å². The number of hydrogen-bond acceptors (Lipinski definition) is 8. The Labute approximate surface area is 240 Å². The summed E-state index contributed by atoms with van der Waals surface area (Å²) in [6.07, 6.45) is 1.86. The van der Waals surface area contributed by atoms with Gasteiger partial charge >= 0.3 is 5.97 Å². The molecule has 10 heteroatoms. The van der Waals surface area contributed by atoms with Crippen LogP contribution in [0.1, 0.15) is 44.9 Å². The quantitative estimate of drug-likeness (QED) is 0.332. The molecule has 0 bridgehead atoms. The number of nitrogens with zero attached hydrogens (tertiary/aromatic N) is 3. The first-order chi connectivity index (χ1) is 18.8. The van der Waals surface area contributed by atoms with E-state index in [0.717, 1.165) is 24.3 Å². The van der Waals surface area contributed by atoms with Gasteiger partial charge in [0.2, 0.25) is 0 Å². The highest BCUT2D eigenvalue weighted by Gasteiger charge is 2.35. The molecule has 0 amide bonds. The van der Waals surface area contributed by atoms with Crippen LogP contribution in [0.5, 0.6) is 11.5 Å². The van der Waals surface area contributed by atoms with Crippen LogP contribution in [0.3, 0.4) is 0 Å². The summed E-state index contributed by atoms with van der Waals surface area (Å²) in [4.78, 5) is 34.5. The fourth-order valence-corrected chi connectivity index (χ4v) is 6.27. The SMILES string of the molecule is CCOC(=O)C1=C(C)N=c2sc(=Cc3ccc(N(CC)CC)cc3)c(=O)n2[C@@H]1c1cc(OC)c(OC)cc1Br. The van der Waals surface area contributed by atoms with Gasteiger partial charge in [-0.3, -0.25) is 9.36 Å². The zero-order valence-electron chi connectivity index (χ0n) is 22.9. The van der Waals surface area contributed by atoms with Crippen molar-refractivity contribution in [3.05, 3.63) is 83.0 Å². The summed E-state index contributed by atoms with van der Waals surface area (Å²) in [6.45, 7) is 9.79. The molecule has 39 heavy (non-hydrogen) atoms. The smallest absolute Gasteiger partial charge is 0.338 e. The van der Waals surface area contributed by atoms with Gasteiger partial charge in [0.05, 0.1) is 42.7 Å². The molecule has 0 unspecified atom stereocenters. The molecule has 0 fully saturated rings. The van der Waals surface area contributed by atoms with Crippen molar-refractivity contribution in [2.45, 2.75) is 33.7 Å². The largest absolute Gasteiger partial charge is 0.493 e. The summed E-state index contributed by atoms with van der Waals surface area (Å²) in [5.41, 5.74) is 3.24. The van der Waals surface area contributed by atoms with Crippen LogP contribution < -0.4 is 29.3 Å². The molecule has 206 valence electrons. The van der Waals surface area contributed by atoms with E-state index in [4.69, 9.17) is 14.2 Å². The third kappa shape index (κ3) is 5.53. The van der Waals surface area contributed by atoms with Gasteiger partial charge in [-0.15, -0.1) is 0 Å². The third-order valence-electron chi connectivity index (χ3n) is 6.63. The van der Waals surface area contributed by atoms with Crippen molar-refractivity contribution in [1.82, 2.24) is 4.57 Å². The molecule has 0 saturated heterocycles. The zero-order valence-corrected chi connectivity index (χ0v) is 25.3. The Morgan fingerprint density at radius 1 is 1.10 bits per heavy atom. The Morgan fingerprint density at radius 2 is 1.74 bits per heavy atom. The van der Waals surface area contributed by atoms with Gasteiger partial charge in [0.1, 0.15) is 0 Å². The van der Waals surface area contributed by atoms with Gasteiger partial charge in [-0.2, -0.15) is 0 Å². The van der Waals surface area contributed by atoms with Gasteiger partial charge in [-0.05, 0) is 69.2 Å². The molecule has 0 N–H and O–H groups in total. The molecule has 0 saturated carbocycles. The van der Waals surface area contributed by atoms with Gasteiger partial charge in [0.25, 0.3) is 5.56 Å². The molecule has 0 radical (unpaired) electrons. The highest BCUT2D eigenvalue weighted by Crippen LogP contribution is 2.40. The molecule has 1 aliphatic heterocycles. The minimum Gasteiger partial charge on any atom is -0.493 e. The van der Waals surface area contributed by atoms with Crippen molar-refractivity contribution in [3.8, 4) is 11.5 Å². The summed E-state index contributed by atoms with van der Waals surface area (Å²) in [7, 11) is 3.09. The number of thiazole rings is 1. The molecule has 0 aliphatic carbocycles. The van der Waals surface area contributed by atoms with Crippen LogP contribution in [-0.4, -0.2) is 44.5 Å². The standard InChI is InChI=1S/C29H32BrN3O5S/c1-7-32(8-2)19-12-10-18(11-13-19)14-24-27(34)33-26(20-15-22(36-5)23(37-6)16-21(20)30)25(28(35)38-9-3)17(4)31-29(33)39-24/h10-16,26H,7-9H2,1-6H3/t26-/m1/s1. The summed E-state index contributed by atoms with van der Waals surface area (Å²) in [6, 6.07) is 10.9. The van der Waals surface area contributed by atoms with E-state index < -0.39 is 12.0 Å². The first-order valence-corrected chi connectivity index (χ1v) is 14.3. The van der Waals surface area contributed by atoms with Crippen LogP contribution in [0.15, 0.2) is 61.9 Å². The maximum absolute atomic E-state index is 13.9. The number of ether oxygens (including phenoxy) is 3. The van der Waals surface area contributed by atoms with E-state index in [1.165, 1.54) is 11.3 Å². The molecule has 2 aromatic carbocycles. The Morgan fingerprint density at radius 3 is 2.33 bits per heavy atom. The molecule has 3 aromatic rings. The highest BCUT2D eigenvalue weighted by atomic mass is 79.9. The van der Waals surface area contributed by atoms with Gasteiger partial charge < -0.3 is 19.1 Å². The topological polar surface area (TPSA) is 82.4 Å². The minimum atomic E-state index is -0.776. The van der Waals surface area contributed by atoms with E-state index in [1.54, 1.807) is 44.8 Å². The molecule has 1 aromatic heterocycles. The molecular weight excluding hydrogens is 582 g/mol. The van der Waals surface area contributed by atoms with Crippen molar-refractivity contribution < 1.29 is 19.0 Å². The second kappa shape index (κ2) is 12.2. The van der Waals surface area contributed by atoms with Crippen molar-refractivity contribution in [1.29, 1.82) is 0 Å². The van der Waals surface area contributed by atoms with E-state index in [-0.39, 0.29) is 12.2 Å². The summed E-state index contributed by atoms with van der Waals surface area (Å²) in [5, 5.41) is 0. The molecule has 0 spiro atoms. The monoisotopic (exact) mass is 613 g/mol. The average molecular weight is 615 g/mol. The van der Waals surface area contributed by atoms with Crippen molar-refractivity contribution in [2.75, 3.05) is 38.8 Å². The lowest BCUT2D eigenvalue weighted by atomic mass is 9.95. The number of carbonyl (C=O) groups excluding carboxylic acids is 1. The normalized spacial score (nSPS) is 15.1. The average Bonchev–Trinajstić information content (AvgIpc) is 3.23. The van der Waals surface area contributed by atoms with Crippen molar-refractivity contribution >= 4 is 45.0 Å². The van der Waals surface area contributed by atoms with Crippen LogP contribution >= 0.6 is 27.3 Å². The predicted molar refractivity (Wildman–Crippen MR) is 158 cm³/mol.